The molecule has 1 heterocycles. The van der Waals surface area contributed by atoms with Crippen LogP contribution in [0.4, 0.5) is 0 Å². The number of benzene rings is 1. The maximum atomic E-state index is 9.59. The molecular weight excluding hydrogens is 252 g/mol. The standard InChI is InChI=1S/C16H26N2O2/c1-20-13-16(19)7-9-17-15-8-10-18(12-15)11-14-5-3-2-4-6-14/h2-6,15-17,19H,7-13H2,1H3. The lowest BCUT2D eigenvalue weighted by Gasteiger charge is -2.17. The van der Waals surface area contributed by atoms with E-state index < -0.39 is 0 Å². The number of ether oxygens (including phenoxy) is 1. The normalized spacial score (nSPS) is 21.2. The van der Waals surface area contributed by atoms with Crippen LogP contribution in [-0.4, -0.2) is 55.5 Å². The van der Waals surface area contributed by atoms with Gasteiger partial charge in [-0.05, 0) is 24.9 Å². The highest BCUT2D eigenvalue weighted by atomic mass is 16.5. The first-order valence-electron chi connectivity index (χ1n) is 7.44. The molecule has 2 unspecified atom stereocenters. The molecule has 0 spiro atoms. The van der Waals surface area contributed by atoms with Crippen molar-refractivity contribution in [1.29, 1.82) is 0 Å². The lowest BCUT2D eigenvalue weighted by molar-refractivity contribution is 0.0590. The van der Waals surface area contributed by atoms with Gasteiger partial charge < -0.3 is 15.2 Å². The monoisotopic (exact) mass is 278 g/mol. The molecule has 112 valence electrons. The minimum atomic E-state index is -0.352. The van der Waals surface area contributed by atoms with Crippen LogP contribution in [-0.2, 0) is 11.3 Å². The number of likely N-dealkylation sites (tertiary alicyclic amines) is 1. The predicted molar refractivity (Wildman–Crippen MR) is 80.6 cm³/mol. The third kappa shape index (κ3) is 5.21. The fourth-order valence-corrected chi connectivity index (χ4v) is 2.71. The molecule has 1 aliphatic heterocycles. The third-order valence-corrected chi connectivity index (χ3v) is 3.79. The maximum absolute atomic E-state index is 9.59. The predicted octanol–water partition coefficient (Wildman–Crippen LogP) is 1.25. The summed E-state index contributed by atoms with van der Waals surface area (Å²) in [7, 11) is 1.62. The van der Waals surface area contributed by atoms with E-state index in [1.807, 2.05) is 0 Å². The summed E-state index contributed by atoms with van der Waals surface area (Å²) in [5.41, 5.74) is 1.38. The summed E-state index contributed by atoms with van der Waals surface area (Å²) in [6, 6.07) is 11.2. The van der Waals surface area contributed by atoms with Crippen molar-refractivity contribution in [3.63, 3.8) is 0 Å². The van der Waals surface area contributed by atoms with Gasteiger partial charge in [0.05, 0.1) is 12.7 Å². The summed E-state index contributed by atoms with van der Waals surface area (Å²) in [6.45, 7) is 4.55. The first-order chi connectivity index (χ1) is 9.78. The molecule has 0 saturated carbocycles. The second-order valence-electron chi connectivity index (χ2n) is 5.56. The summed E-state index contributed by atoms with van der Waals surface area (Å²) in [6.07, 6.45) is 1.59. The Morgan fingerprint density at radius 1 is 1.40 bits per heavy atom. The van der Waals surface area contributed by atoms with E-state index in [0.29, 0.717) is 12.6 Å². The summed E-state index contributed by atoms with van der Waals surface area (Å²) < 4.78 is 4.92. The van der Waals surface area contributed by atoms with E-state index in [9.17, 15) is 5.11 Å². The first kappa shape index (κ1) is 15.4. The fraction of sp³-hybridized carbons (Fsp3) is 0.625. The number of rotatable bonds is 8. The van der Waals surface area contributed by atoms with Crippen molar-refractivity contribution in [2.45, 2.75) is 31.5 Å². The first-order valence-corrected chi connectivity index (χ1v) is 7.44. The van der Waals surface area contributed by atoms with Gasteiger partial charge in [-0.1, -0.05) is 30.3 Å². The Labute approximate surface area is 121 Å². The van der Waals surface area contributed by atoms with Gasteiger partial charge in [-0.15, -0.1) is 0 Å². The maximum Gasteiger partial charge on any atom is 0.0785 e. The number of aliphatic hydroxyl groups is 1. The van der Waals surface area contributed by atoms with Crippen LogP contribution in [0.15, 0.2) is 30.3 Å². The SMILES string of the molecule is COCC(O)CCNC1CCN(Cc2ccccc2)C1. The van der Waals surface area contributed by atoms with Gasteiger partial charge >= 0.3 is 0 Å². The molecule has 0 bridgehead atoms. The molecule has 1 aromatic rings. The second kappa shape index (κ2) is 8.37. The molecule has 0 radical (unpaired) electrons. The van der Waals surface area contributed by atoms with E-state index in [0.717, 1.165) is 32.6 Å². The molecule has 4 heteroatoms. The van der Waals surface area contributed by atoms with Gasteiger partial charge in [-0.3, -0.25) is 4.90 Å². The van der Waals surface area contributed by atoms with E-state index in [2.05, 4.69) is 40.5 Å². The quantitative estimate of drug-likeness (QED) is 0.751. The van der Waals surface area contributed by atoms with Crippen LogP contribution in [0, 0.1) is 0 Å². The Morgan fingerprint density at radius 3 is 2.95 bits per heavy atom. The molecule has 0 aromatic heterocycles. The average Bonchev–Trinajstić information content (AvgIpc) is 2.88. The van der Waals surface area contributed by atoms with Crippen LogP contribution in [0.25, 0.3) is 0 Å². The zero-order valence-corrected chi connectivity index (χ0v) is 12.3. The van der Waals surface area contributed by atoms with E-state index >= 15 is 0 Å². The van der Waals surface area contributed by atoms with Gasteiger partial charge in [-0.2, -0.15) is 0 Å². The lowest BCUT2D eigenvalue weighted by atomic mass is 10.2. The zero-order valence-electron chi connectivity index (χ0n) is 12.3. The Bertz CT molecular complexity index is 372. The van der Waals surface area contributed by atoms with Crippen molar-refractivity contribution in [3.05, 3.63) is 35.9 Å². The fourth-order valence-electron chi connectivity index (χ4n) is 2.71. The van der Waals surface area contributed by atoms with Crippen LogP contribution in [0.3, 0.4) is 0 Å². The molecule has 2 atom stereocenters. The van der Waals surface area contributed by atoms with Crippen LogP contribution < -0.4 is 5.32 Å². The van der Waals surface area contributed by atoms with E-state index in [1.165, 1.54) is 12.0 Å². The average molecular weight is 278 g/mol. The highest BCUT2D eigenvalue weighted by Crippen LogP contribution is 2.13. The van der Waals surface area contributed by atoms with Gasteiger partial charge in [0.15, 0.2) is 0 Å². The Balaban J connectivity index is 1.63. The Kier molecular flexibility index (Phi) is 6.47. The smallest absolute Gasteiger partial charge is 0.0785 e. The van der Waals surface area contributed by atoms with Gasteiger partial charge in [0.1, 0.15) is 0 Å². The summed E-state index contributed by atoms with van der Waals surface area (Å²) in [4.78, 5) is 2.48. The molecule has 4 nitrogen and oxygen atoms in total. The highest BCUT2D eigenvalue weighted by Gasteiger charge is 2.21. The molecule has 1 fully saturated rings. The number of methoxy groups -OCH3 is 1. The molecule has 2 rings (SSSR count). The minimum absolute atomic E-state index is 0.352. The van der Waals surface area contributed by atoms with Gasteiger partial charge in [0, 0.05) is 32.8 Å². The molecule has 1 aromatic carbocycles. The molecule has 2 N–H and O–H groups in total. The van der Waals surface area contributed by atoms with E-state index in [1.54, 1.807) is 7.11 Å². The number of nitrogens with one attached hydrogen (secondary N) is 1. The Morgan fingerprint density at radius 2 is 2.20 bits per heavy atom. The summed E-state index contributed by atoms with van der Waals surface area (Å²) in [5, 5.41) is 13.1. The highest BCUT2D eigenvalue weighted by molar-refractivity contribution is 5.14. The largest absolute Gasteiger partial charge is 0.391 e. The molecule has 20 heavy (non-hydrogen) atoms. The van der Waals surface area contributed by atoms with Crippen LogP contribution >= 0.6 is 0 Å². The molecule has 1 aliphatic rings. The molecule has 0 amide bonds. The summed E-state index contributed by atoms with van der Waals surface area (Å²) in [5.74, 6) is 0. The number of aliphatic hydroxyl groups excluding tert-OH is 1. The van der Waals surface area contributed by atoms with Crippen LogP contribution in [0.5, 0.6) is 0 Å². The van der Waals surface area contributed by atoms with Gasteiger partial charge in [-0.25, -0.2) is 0 Å². The molecule has 0 aliphatic carbocycles. The van der Waals surface area contributed by atoms with Crippen molar-refractivity contribution in [2.24, 2.45) is 0 Å². The van der Waals surface area contributed by atoms with Crippen molar-refractivity contribution in [3.8, 4) is 0 Å². The molecule has 1 saturated heterocycles. The van der Waals surface area contributed by atoms with Gasteiger partial charge in [0.25, 0.3) is 0 Å². The van der Waals surface area contributed by atoms with Crippen molar-refractivity contribution < 1.29 is 9.84 Å². The topological polar surface area (TPSA) is 44.7 Å². The zero-order chi connectivity index (χ0) is 14.2. The number of hydrogen-bond acceptors (Lipinski definition) is 4. The number of nitrogens with zero attached hydrogens (tertiary/aromatic N) is 1. The molecular formula is C16H26N2O2. The van der Waals surface area contributed by atoms with E-state index in [4.69, 9.17) is 4.74 Å². The number of hydrogen-bond donors (Lipinski definition) is 2. The van der Waals surface area contributed by atoms with Crippen molar-refractivity contribution in [2.75, 3.05) is 33.4 Å². The van der Waals surface area contributed by atoms with E-state index in [-0.39, 0.29) is 6.10 Å². The van der Waals surface area contributed by atoms with Crippen molar-refractivity contribution >= 4 is 0 Å². The second-order valence-corrected chi connectivity index (χ2v) is 5.56. The minimum Gasteiger partial charge on any atom is -0.391 e. The summed E-state index contributed by atoms with van der Waals surface area (Å²) >= 11 is 0. The van der Waals surface area contributed by atoms with Crippen LogP contribution in [0.1, 0.15) is 18.4 Å². The third-order valence-electron chi connectivity index (χ3n) is 3.79. The Hall–Kier alpha value is -0.940. The van der Waals surface area contributed by atoms with Crippen molar-refractivity contribution in [1.82, 2.24) is 10.2 Å². The lowest BCUT2D eigenvalue weighted by Crippen LogP contribution is -2.34. The van der Waals surface area contributed by atoms with Crippen LogP contribution in [0.2, 0.25) is 0 Å². The van der Waals surface area contributed by atoms with Gasteiger partial charge in [0.2, 0.25) is 0 Å².